The Morgan fingerprint density at radius 2 is 1.80 bits per heavy atom. The predicted molar refractivity (Wildman–Crippen MR) is 88.1 cm³/mol. The minimum absolute atomic E-state index is 0.784. The van der Waals surface area contributed by atoms with Crippen molar-refractivity contribution in [3.05, 3.63) is 0 Å². The van der Waals surface area contributed by atoms with Gasteiger partial charge in [0.2, 0.25) is 0 Å². The SMILES string of the molecule is CC(C)CNCCCCCN1CCCC2CCCCC21. The molecule has 0 aromatic rings. The molecule has 1 heterocycles. The Morgan fingerprint density at radius 3 is 2.65 bits per heavy atom. The second kappa shape index (κ2) is 9.04. The second-order valence-electron chi connectivity index (χ2n) is 7.45. The average molecular weight is 280 g/mol. The minimum atomic E-state index is 0.784. The Labute approximate surface area is 126 Å². The molecule has 2 rings (SSSR count). The molecule has 118 valence electrons. The topological polar surface area (TPSA) is 15.3 Å². The zero-order valence-electron chi connectivity index (χ0n) is 13.9. The van der Waals surface area contributed by atoms with E-state index in [1.54, 1.807) is 0 Å². The van der Waals surface area contributed by atoms with Crippen LogP contribution >= 0.6 is 0 Å². The van der Waals surface area contributed by atoms with Crippen molar-refractivity contribution in [3.8, 4) is 0 Å². The van der Waals surface area contributed by atoms with Gasteiger partial charge < -0.3 is 10.2 Å². The maximum absolute atomic E-state index is 3.55. The summed E-state index contributed by atoms with van der Waals surface area (Å²) in [6.07, 6.45) is 13.1. The van der Waals surface area contributed by atoms with E-state index in [1.165, 1.54) is 84.0 Å². The molecule has 0 aromatic heterocycles. The molecule has 2 heteroatoms. The summed E-state index contributed by atoms with van der Waals surface area (Å²) in [6, 6.07) is 0.955. The molecule has 1 aliphatic heterocycles. The molecule has 1 saturated carbocycles. The number of fused-ring (bicyclic) bond motifs is 1. The van der Waals surface area contributed by atoms with Gasteiger partial charge in [0.25, 0.3) is 0 Å². The highest BCUT2D eigenvalue weighted by Gasteiger charge is 2.32. The van der Waals surface area contributed by atoms with E-state index in [0.29, 0.717) is 0 Å². The summed E-state index contributed by atoms with van der Waals surface area (Å²) in [4.78, 5) is 2.84. The number of nitrogens with one attached hydrogen (secondary N) is 1. The van der Waals surface area contributed by atoms with Gasteiger partial charge in [-0.3, -0.25) is 0 Å². The first-order chi connectivity index (χ1) is 9.77. The fourth-order valence-electron chi connectivity index (χ4n) is 4.14. The molecule has 0 aromatic carbocycles. The molecular weight excluding hydrogens is 244 g/mol. The number of rotatable bonds is 8. The van der Waals surface area contributed by atoms with Gasteiger partial charge in [-0.1, -0.05) is 33.1 Å². The van der Waals surface area contributed by atoms with Crippen molar-refractivity contribution < 1.29 is 0 Å². The summed E-state index contributed by atoms with van der Waals surface area (Å²) in [5, 5.41) is 3.55. The first kappa shape index (κ1) is 16.3. The molecule has 2 atom stereocenters. The van der Waals surface area contributed by atoms with E-state index in [1.807, 2.05) is 0 Å². The van der Waals surface area contributed by atoms with Crippen LogP contribution in [0, 0.1) is 11.8 Å². The molecule has 1 N–H and O–H groups in total. The van der Waals surface area contributed by atoms with Crippen LogP contribution in [0.1, 0.15) is 71.6 Å². The van der Waals surface area contributed by atoms with E-state index in [0.717, 1.165) is 17.9 Å². The Morgan fingerprint density at radius 1 is 1.00 bits per heavy atom. The van der Waals surface area contributed by atoms with Gasteiger partial charge in [-0.05, 0) is 76.5 Å². The van der Waals surface area contributed by atoms with Gasteiger partial charge in [0.1, 0.15) is 0 Å². The van der Waals surface area contributed by atoms with Crippen molar-refractivity contribution in [1.29, 1.82) is 0 Å². The molecule has 0 bridgehead atoms. The van der Waals surface area contributed by atoms with Gasteiger partial charge in [0.15, 0.2) is 0 Å². The van der Waals surface area contributed by atoms with Crippen LogP contribution in [0.3, 0.4) is 0 Å². The minimum Gasteiger partial charge on any atom is -0.316 e. The Balaban J connectivity index is 1.54. The average Bonchev–Trinajstić information content (AvgIpc) is 2.46. The van der Waals surface area contributed by atoms with Gasteiger partial charge >= 0.3 is 0 Å². The van der Waals surface area contributed by atoms with E-state index >= 15 is 0 Å². The van der Waals surface area contributed by atoms with E-state index in [2.05, 4.69) is 24.1 Å². The Hall–Kier alpha value is -0.0800. The van der Waals surface area contributed by atoms with Gasteiger partial charge in [0.05, 0.1) is 0 Å². The van der Waals surface area contributed by atoms with Crippen LogP contribution in [0.25, 0.3) is 0 Å². The summed E-state index contributed by atoms with van der Waals surface area (Å²) in [5.41, 5.74) is 0. The van der Waals surface area contributed by atoms with Crippen molar-refractivity contribution in [3.63, 3.8) is 0 Å². The van der Waals surface area contributed by atoms with Crippen molar-refractivity contribution in [1.82, 2.24) is 10.2 Å². The summed E-state index contributed by atoms with van der Waals surface area (Å²) in [5.74, 6) is 1.83. The van der Waals surface area contributed by atoms with Crippen LogP contribution in [0.15, 0.2) is 0 Å². The largest absolute Gasteiger partial charge is 0.316 e. The molecule has 2 aliphatic rings. The Kier molecular flexibility index (Phi) is 7.37. The zero-order chi connectivity index (χ0) is 14.2. The highest BCUT2D eigenvalue weighted by Crippen LogP contribution is 2.35. The normalized spacial score (nSPS) is 27.8. The van der Waals surface area contributed by atoms with Gasteiger partial charge in [-0.2, -0.15) is 0 Å². The van der Waals surface area contributed by atoms with Crippen LogP contribution in [-0.2, 0) is 0 Å². The summed E-state index contributed by atoms with van der Waals surface area (Å²) in [7, 11) is 0. The monoisotopic (exact) mass is 280 g/mol. The molecule has 1 aliphatic carbocycles. The van der Waals surface area contributed by atoms with Crippen LogP contribution in [0.2, 0.25) is 0 Å². The van der Waals surface area contributed by atoms with Crippen molar-refractivity contribution in [2.45, 2.75) is 77.7 Å². The lowest BCUT2D eigenvalue weighted by Crippen LogP contribution is -2.47. The molecule has 2 nitrogen and oxygen atoms in total. The lowest BCUT2D eigenvalue weighted by molar-refractivity contribution is 0.0596. The van der Waals surface area contributed by atoms with Crippen molar-refractivity contribution >= 4 is 0 Å². The van der Waals surface area contributed by atoms with Gasteiger partial charge in [-0.15, -0.1) is 0 Å². The van der Waals surface area contributed by atoms with Crippen LogP contribution in [0.5, 0.6) is 0 Å². The zero-order valence-corrected chi connectivity index (χ0v) is 13.9. The number of unbranched alkanes of at least 4 members (excludes halogenated alkanes) is 2. The number of piperidine rings is 1. The molecule has 2 fully saturated rings. The number of hydrogen-bond donors (Lipinski definition) is 1. The van der Waals surface area contributed by atoms with E-state index in [9.17, 15) is 0 Å². The highest BCUT2D eigenvalue weighted by molar-refractivity contribution is 4.87. The quantitative estimate of drug-likeness (QED) is 0.675. The van der Waals surface area contributed by atoms with Gasteiger partial charge in [0, 0.05) is 6.04 Å². The number of nitrogens with zero attached hydrogens (tertiary/aromatic N) is 1. The standard InChI is InChI=1S/C18H36N2/c1-16(2)15-19-12-6-3-7-13-20-14-8-10-17-9-4-5-11-18(17)20/h16-19H,3-15H2,1-2H3. The second-order valence-corrected chi connectivity index (χ2v) is 7.45. The van der Waals surface area contributed by atoms with Gasteiger partial charge in [-0.25, -0.2) is 0 Å². The summed E-state index contributed by atoms with van der Waals surface area (Å²) < 4.78 is 0. The fourth-order valence-corrected chi connectivity index (χ4v) is 4.14. The Bertz CT molecular complexity index is 250. The van der Waals surface area contributed by atoms with Crippen molar-refractivity contribution in [2.75, 3.05) is 26.2 Å². The molecule has 0 amide bonds. The molecule has 20 heavy (non-hydrogen) atoms. The molecule has 0 radical (unpaired) electrons. The third kappa shape index (κ3) is 5.37. The maximum Gasteiger partial charge on any atom is 0.0123 e. The van der Waals surface area contributed by atoms with E-state index in [4.69, 9.17) is 0 Å². The summed E-state index contributed by atoms with van der Waals surface area (Å²) in [6.45, 7) is 9.70. The lowest BCUT2D eigenvalue weighted by atomic mass is 9.78. The third-order valence-electron chi connectivity index (χ3n) is 5.21. The maximum atomic E-state index is 3.55. The molecule has 1 saturated heterocycles. The smallest absolute Gasteiger partial charge is 0.0123 e. The van der Waals surface area contributed by atoms with Crippen LogP contribution in [0.4, 0.5) is 0 Å². The first-order valence-electron chi connectivity index (χ1n) is 9.22. The van der Waals surface area contributed by atoms with Crippen LogP contribution < -0.4 is 5.32 Å². The molecule has 2 unspecified atom stereocenters. The molecule has 0 spiro atoms. The van der Waals surface area contributed by atoms with E-state index in [-0.39, 0.29) is 0 Å². The van der Waals surface area contributed by atoms with Crippen molar-refractivity contribution in [2.24, 2.45) is 11.8 Å². The number of hydrogen-bond acceptors (Lipinski definition) is 2. The fraction of sp³-hybridized carbons (Fsp3) is 1.00. The highest BCUT2D eigenvalue weighted by atomic mass is 15.2. The first-order valence-corrected chi connectivity index (χ1v) is 9.22. The predicted octanol–water partition coefficient (Wildman–Crippen LogP) is 4.06. The van der Waals surface area contributed by atoms with E-state index < -0.39 is 0 Å². The lowest BCUT2D eigenvalue weighted by Gasteiger charge is -2.44. The number of likely N-dealkylation sites (tertiary alicyclic amines) is 1. The molecular formula is C18H36N2. The summed E-state index contributed by atoms with van der Waals surface area (Å²) >= 11 is 0. The third-order valence-corrected chi connectivity index (χ3v) is 5.21. The van der Waals surface area contributed by atoms with Crippen LogP contribution in [-0.4, -0.2) is 37.1 Å².